The van der Waals surface area contributed by atoms with E-state index in [2.05, 4.69) is 17.1 Å². The number of benzene rings is 2. The number of aryl methyl sites for hydroxylation is 1. The van der Waals surface area contributed by atoms with E-state index in [1.54, 1.807) is 24.3 Å². The van der Waals surface area contributed by atoms with Gasteiger partial charge in [0.05, 0.1) is 25.6 Å². The van der Waals surface area contributed by atoms with Gasteiger partial charge in [-0.25, -0.2) is 4.98 Å². The molecule has 2 N–H and O–H groups in total. The molecular formula is C22H26Cl3N3O2S. The molecule has 4 rings (SSSR count). The maximum atomic E-state index is 6.47. The summed E-state index contributed by atoms with van der Waals surface area (Å²) in [4.78, 5) is 5.33. The zero-order chi connectivity index (χ0) is 20.1. The van der Waals surface area contributed by atoms with Gasteiger partial charge in [-0.1, -0.05) is 23.7 Å². The monoisotopic (exact) mass is 501 g/mol. The van der Waals surface area contributed by atoms with E-state index >= 15 is 0 Å². The van der Waals surface area contributed by atoms with Crippen molar-refractivity contribution in [2.24, 2.45) is 0 Å². The quantitative estimate of drug-likeness (QED) is 0.325. The lowest BCUT2D eigenvalue weighted by Gasteiger charge is -2.28. The topological polar surface area (TPSA) is 62.3 Å². The molecule has 0 radical (unpaired) electrons. The number of nitrogens with two attached hydrogens (primary N) is 1. The average molecular weight is 503 g/mol. The highest BCUT2D eigenvalue weighted by Crippen LogP contribution is 2.33. The summed E-state index contributed by atoms with van der Waals surface area (Å²) in [6.07, 6.45) is 7.15. The minimum absolute atomic E-state index is 0. The maximum absolute atomic E-state index is 6.47. The van der Waals surface area contributed by atoms with Crippen molar-refractivity contribution < 1.29 is 9.47 Å². The SMILES string of the molecule is Cl.Cl.Nc1ccc(SC[C@H]2CO[C@@](CCc3ccc(Cl)cc3)(Cn3ccnc3)O2)cc1. The minimum Gasteiger partial charge on any atom is -0.399 e. The van der Waals surface area contributed by atoms with Crippen LogP contribution in [0, 0.1) is 0 Å². The predicted octanol–water partition coefficient (Wildman–Crippen LogP) is 5.50. The lowest BCUT2D eigenvalue weighted by molar-refractivity contribution is -0.180. The van der Waals surface area contributed by atoms with Gasteiger partial charge in [0.25, 0.3) is 0 Å². The van der Waals surface area contributed by atoms with Crippen molar-refractivity contribution in [2.45, 2.75) is 36.2 Å². The van der Waals surface area contributed by atoms with Gasteiger partial charge in [0.15, 0.2) is 5.79 Å². The van der Waals surface area contributed by atoms with Crippen LogP contribution in [-0.2, 0) is 22.4 Å². The second-order valence-electron chi connectivity index (χ2n) is 7.20. The number of rotatable bonds is 8. The average Bonchev–Trinajstić information content (AvgIpc) is 3.38. The van der Waals surface area contributed by atoms with Crippen LogP contribution in [0.2, 0.25) is 5.02 Å². The van der Waals surface area contributed by atoms with E-state index in [9.17, 15) is 0 Å². The Bertz CT molecular complexity index is 911. The first kappa shape index (κ1) is 25.8. The zero-order valence-corrected chi connectivity index (χ0v) is 20.1. The van der Waals surface area contributed by atoms with Crippen molar-refractivity contribution in [3.05, 3.63) is 77.8 Å². The number of aromatic nitrogens is 2. The number of hydrogen-bond donors (Lipinski definition) is 1. The first-order valence-electron chi connectivity index (χ1n) is 9.61. The van der Waals surface area contributed by atoms with Crippen LogP contribution in [0.4, 0.5) is 5.69 Å². The molecule has 0 bridgehead atoms. The number of thioether (sulfide) groups is 1. The smallest absolute Gasteiger partial charge is 0.187 e. The number of ether oxygens (including phenoxy) is 2. The molecule has 1 fully saturated rings. The fraction of sp³-hybridized carbons (Fsp3) is 0.318. The number of hydrogen-bond acceptors (Lipinski definition) is 5. The minimum atomic E-state index is -0.660. The van der Waals surface area contributed by atoms with E-state index in [0.29, 0.717) is 13.2 Å². The molecule has 1 aromatic heterocycles. The first-order chi connectivity index (χ1) is 14.1. The van der Waals surface area contributed by atoms with Gasteiger partial charge in [-0.2, -0.15) is 0 Å². The summed E-state index contributed by atoms with van der Waals surface area (Å²) < 4.78 is 14.7. The lowest BCUT2D eigenvalue weighted by atomic mass is 10.0. The van der Waals surface area contributed by atoms with E-state index in [1.807, 2.05) is 47.2 Å². The molecule has 9 heteroatoms. The standard InChI is InChI=1S/C22H24ClN3O2S.2ClH/c23-18-3-1-17(2-4-18)9-10-22(15-26-12-11-25-16-26)27-13-20(28-22)14-29-21-7-5-19(24)6-8-21;;/h1-8,11-12,16,20H,9-10,13-15,24H2;2*1H/t20-,22-;;/m1../s1. The molecule has 5 nitrogen and oxygen atoms in total. The van der Waals surface area contributed by atoms with Crippen LogP contribution < -0.4 is 5.73 Å². The highest BCUT2D eigenvalue weighted by molar-refractivity contribution is 7.99. The van der Waals surface area contributed by atoms with Gasteiger partial charge in [0.1, 0.15) is 0 Å². The largest absolute Gasteiger partial charge is 0.399 e. The highest BCUT2D eigenvalue weighted by atomic mass is 35.5. The molecule has 0 unspecified atom stereocenters. The van der Waals surface area contributed by atoms with E-state index in [0.717, 1.165) is 29.3 Å². The Labute approximate surface area is 204 Å². The van der Waals surface area contributed by atoms with Crippen LogP contribution in [0.5, 0.6) is 0 Å². The molecule has 2 heterocycles. The predicted molar refractivity (Wildman–Crippen MR) is 132 cm³/mol. The third kappa shape index (κ3) is 7.31. The summed E-state index contributed by atoms with van der Waals surface area (Å²) in [6.45, 7) is 1.20. The highest BCUT2D eigenvalue weighted by Gasteiger charge is 2.41. The first-order valence-corrected chi connectivity index (χ1v) is 11.0. The van der Waals surface area contributed by atoms with Crippen molar-refractivity contribution in [1.82, 2.24) is 9.55 Å². The van der Waals surface area contributed by atoms with E-state index < -0.39 is 5.79 Å². The van der Waals surface area contributed by atoms with E-state index in [1.165, 1.54) is 10.5 Å². The number of imidazole rings is 1. The van der Waals surface area contributed by atoms with Crippen LogP contribution in [0.3, 0.4) is 0 Å². The van der Waals surface area contributed by atoms with E-state index in [-0.39, 0.29) is 30.9 Å². The Morgan fingerprint density at radius 1 is 1.13 bits per heavy atom. The third-order valence-electron chi connectivity index (χ3n) is 4.92. The third-order valence-corrected chi connectivity index (χ3v) is 6.32. The van der Waals surface area contributed by atoms with Gasteiger partial charge in [-0.3, -0.25) is 0 Å². The van der Waals surface area contributed by atoms with Gasteiger partial charge < -0.3 is 19.8 Å². The van der Waals surface area contributed by atoms with Crippen LogP contribution >= 0.6 is 48.2 Å². The fourth-order valence-electron chi connectivity index (χ4n) is 3.39. The summed E-state index contributed by atoms with van der Waals surface area (Å²) in [6, 6.07) is 15.9. The Hall–Kier alpha value is -1.41. The summed E-state index contributed by atoms with van der Waals surface area (Å²) in [5, 5.41) is 0.745. The summed E-state index contributed by atoms with van der Waals surface area (Å²) in [5.41, 5.74) is 7.75. The Morgan fingerprint density at radius 2 is 1.87 bits per heavy atom. The molecule has 0 aliphatic carbocycles. The lowest BCUT2D eigenvalue weighted by Crippen LogP contribution is -2.37. The van der Waals surface area contributed by atoms with Gasteiger partial charge >= 0.3 is 0 Å². The second kappa shape index (κ2) is 12.0. The Kier molecular flexibility index (Phi) is 10.0. The van der Waals surface area contributed by atoms with Crippen molar-refractivity contribution in [2.75, 3.05) is 18.1 Å². The molecule has 0 spiro atoms. The second-order valence-corrected chi connectivity index (χ2v) is 8.73. The van der Waals surface area contributed by atoms with Gasteiger partial charge in [-0.15, -0.1) is 36.6 Å². The summed E-state index contributed by atoms with van der Waals surface area (Å²) >= 11 is 7.76. The van der Waals surface area contributed by atoms with Crippen molar-refractivity contribution in [1.29, 1.82) is 0 Å². The normalized spacial score (nSPS) is 20.1. The molecule has 2 atom stereocenters. The molecule has 168 valence electrons. The number of nitrogens with zero attached hydrogens (tertiary/aromatic N) is 2. The van der Waals surface area contributed by atoms with Gasteiger partial charge in [0.2, 0.25) is 0 Å². The summed E-state index contributed by atoms with van der Waals surface area (Å²) in [7, 11) is 0. The van der Waals surface area contributed by atoms with Crippen LogP contribution in [0.15, 0.2) is 72.1 Å². The molecule has 1 aliphatic heterocycles. The molecular weight excluding hydrogens is 477 g/mol. The molecule has 1 aliphatic rings. The maximum Gasteiger partial charge on any atom is 0.187 e. The molecule has 3 aromatic rings. The number of nitrogen functional groups attached to an aromatic ring is 1. The summed E-state index contributed by atoms with van der Waals surface area (Å²) in [5.74, 6) is 0.170. The van der Waals surface area contributed by atoms with Crippen LogP contribution in [0.25, 0.3) is 0 Å². The molecule has 2 aromatic carbocycles. The molecule has 31 heavy (non-hydrogen) atoms. The molecule has 0 amide bonds. The van der Waals surface area contributed by atoms with Gasteiger partial charge in [-0.05, 0) is 48.4 Å². The number of anilines is 1. The van der Waals surface area contributed by atoms with Crippen molar-refractivity contribution >= 4 is 53.9 Å². The number of halogens is 3. The Balaban J connectivity index is 0.00000171. The van der Waals surface area contributed by atoms with E-state index in [4.69, 9.17) is 26.8 Å². The van der Waals surface area contributed by atoms with Crippen LogP contribution in [0.1, 0.15) is 12.0 Å². The van der Waals surface area contributed by atoms with Crippen LogP contribution in [-0.4, -0.2) is 33.8 Å². The Morgan fingerprint density at radius 3 is 2.55 bits per heavy atom. The molecule has 0 saturated carbocycles. The van der Waals surface area contributed by atoms with Crippen molar-refractivity contribution in [3.63, 3.8) is 0 Å². The molecule has 1 saturated heterocycles. The van der Waals surface area contributed by atoms with Gasteiger partial charge in [0, 0.05) is 40.2 Å². The van der Waals surface area contributed by atoms with Crippen molar-refractivity contribution in [3.8, 4) is 0 Å². The zero-order valence-electron chi connectivity index (χ0n) is 16.9. The fourth-order valence-corrected chi connectivity index (χ4v) is 4.39.